The Kier molecular flexibility index (Phi) is 5.87. The summed E-state index contributed by atoms with van der Waals surface area (Å²) in [6, 6.07) is 17.0. The van der Waals surface area contributed by atoms with Crippen LogP contribution in [-0.2, 0) is 4.79 Å². The molecule has 0 atom stereocenters. The average Bonchev–Trinajstić information content (AvgIpc) is 3.33. The van der Waals surface area contributed by atoms with Crippen molar-refractivity contribution in [3.05, 3.63) is 70.9 Å². The number of carbonyl (C=O) groups is 1. The third kappa shape index (κ3) is 4.39. The molecule has 0 bridgehead atoms. The predicted molar refractivity (Wildman–Crippen MR) is 117 cm³/mol. The molecule has 0 aliphatic rings. The van der Waals surface area contributed by atoms with Crippen molar-refractivity contribution in [2.24, 2.45) is 0 Å². The fourth-order valence-corrected chi connectivity index (χ4v) is 3.79. The van der Waals surface area contributed by atoms with E-state index in [0.717, 1.165) is 16.8 Å². The van der Waals surface area contributed by atoms with Gasteiger partial charge in [-0.25, -0.2) is 0 Å². The zero-order valence-electron chi connectivity index (χ0n) is 16.3. The van der Waals surface area contributed by atoms with Gasteiger partial charge in [0.05, 0.1) is 11.4 Å². The molecule has 2 aromatic carbocycles. The molecule has 0 aliphatic carbocycles. The van der Waals surface area contributed by atoms with Crippen molar-refractivity contribution < 1.29 is 9.32 Å². The number of aromatic nitrogens is 4. The molecule has 2 heterocycles. The van der Waals surface area contributed by atoms with Gasteiger partial charge in [0.1, 0.15) is 5.76 Å². The number of hydrogen-bond acceptors (Lipinski definition) is 6. The molecule has 0 radical (unpaired) electrons. The highest BCUT2D eigenvalue weighted by molar-refractivity contribution is 7.99. The van der Waals surface area contributed by atoms with Gasteiger partial charge in [0.15, 0.2) is 16.8 Å². The topological polar surface area (TPSA) is 85.8 Å². The Bertz CT molecular complexity index is 1190. The number of hydrogen-bond donors (Lipinski definition) is 1. The summed E-state index contributed by atoms with van der Waals surface area (Å²) in [5.74, 6) is 1.64. The molecule has 1 N–H and O–H groups in total. The van der Waals surface area contributed by atoms with Gasteiger partial charge < -0.3 is 9.84 Å². The Morgan fingerprint density at radius 1 is 1.13 bits per heavy atom. The van der Waals surface area contributed by atoms with Crippen LogP contribution < -0.4 is 5.32 Å². The van der Waals surface area contributed by atoms with Gasteiger partial charge in [-0.1, -0.05) is 46.7 Å². The van der Waals surface area contributed by atoms with E-state index in [2.05, 4.69) is 20.7 Å². The highest BCUT2D eigenvalue weighted by Gasteiger charge is 2.18. The van der Waals surface area contributed by atoms with Crippen LogP contribution in [0.4, 0.5) is 5.82 Å². The van der Waals surface area contributed by atoms with E-state index in [1.165, 1.54) is 11.8 Å². The summed E-state index contributed by atoms with van der Waals surface area (Å²) in [4.78, 5) is 12.3. The molecule has 9 heteroatoms. The molecule has 0 saturated carbocycles. The minimum Gasteiger partial charge on any atom is -0.360 e. The average molecular weight is 440 g/mol. The number of anilines is 1. The second-order valence-electron chi connectivity index (χ2n) is 6.59. The van der Waals surface area contributed by atoms with Crippen molar-refractivity contribution >= 4 is 35.1 Å². The summed E-state index contributed by atoms with van der Waals surface area (Å²) in [6.45, 7) is 3.79. The van der Waals surface area contributed by atoms with Crippen molar-refractivity contribution in [3.63, 3.8) is 0 Å². The van der Waals surface area contributed by atoms with Crippen molar-refractivity contribution in [1.29, 1.82) is 0 Å². The van der Waals surface area contributed by atoms with Gasteiger partial charge in [-0.15, -0.1) is 10.2 Å². The number of halogens is 1. The van der Waals surface area contributed by atoms with E-state index in [1.54, 1.807) is 13.0 Å². The number of amides is 1. The Morgan fingerprint density at radius 2 is 1.90 bits per heavy atom. The van der Waals surface area contributed by atoms with Crippen LogP contribution in [0.3, 0.4) is 0 Å². The van der Waals surface area contributed by atoms with E-state index < -0.39 is 0 Å². The Hall–Kier alpha value is -3.10. The number of carbonyl (C=O) groups excluding carboxylic acids is 1. The Balaban J connectivity index is 1.63. The quantitative estimate of drug-likeness (QED) is 0.429. The van der Waals surface area contributed by atoms with Crippen LogP contribution in [0.2, 0.25) is 5.02 Å². The van der Waals surface area contributed by atoms with Crippen LogP contribution in [0.15, 0.2) is 64.3 Å². The summed E-state index contributed by atoms with van der Waals surface area (Å²) in [7, 11) is 0. The summed E-state index contributed by atoms with van der Waals surface area (Å²) < 4.78 is 6.93. The van der Waals surface area contributed by atoms with Gasteiger partial charge in [-0.2, -0.15) is 0 Å². The number of aryl methyl sites for hydroxylation is 2. The second-order valence-corrected chi connectivity index (χ2v) is 7.97. The number of thioether (sulfide) groups is 1. The van der Waals surface area contributed by atoms with Gasteiger partial charge in [-0.3, -0.25) is 9.36 Å². The first kappa shape index (κ1) is 20.2. The van der Waals surface area contributed by atoms with E-state index in [1.807, 2.05) is 60.0 Å². The van der Waals surface area contributed by atoms with Crippen molar-refractivity contribution in [1.82, 2.24) is 19.9 Å². The molecule has 7 nitrogen and oxygen atoms in total. The van der Waals surface area contributed by atoms with Crippen molar-refractivity contribution in [3.8, 4) is 17.1 Å². The zero-order chi connectivity index (χ0) is 21.1. The summed E-state index contributed by atoms with van der Waals surface area (Å²) in [5.41, 5.74) is 2.89. The molecule has 152 valence electrons. The largest absolute Gasteiger partial charge is 0.360 e. The Labute approximate surface area is 182 Å². The van der Waals surface area contributed by atoms with E-state index in [4.69, 9.17) is 16.1 Å². The smallest absolute Gasteiger partial charge is 0.236 e. The first-order valence-corrected chi connectivity index (χ1v) is 10.5. The maximum Gasteiger partial charge on any atom is 0.236 e. The molecule has 4 rings (SSSR count). The van der Waals surface area contributed by atoms with Crippen LogP contribution >= 0.6 is 23.4 Å². The number of nitrogens with zero attached hydrogens (tertiary/aromatic N) is 4. The molecular weight excluding hydrogens is 422 g/mol. The molecule has 0 spiro atoms. The number of benzene rings is 2. The lowest BCUT2D eigenvalue weighted by molar-refractivity contribution is -0.113. The fraction of sp³-hybridized carbons (Fsp3) is 0.143. The first-order valence-electron chi connectivity index (χ1n) is 9.14. The van der Waals surface area contributed by atoms with Gasteiger partial charge in [-0.05, 0) is 49.7 Å². The fourth-order valence-electron chi connectivity index (χ4n) is 2.92. The molecule has 0 unspecified atom stereocenters. The highest BCUT2D eigenvalue weighted by atomic mass is 35.5. The van der Waals surface area contributed by atoms with Crippen LogP contribution in [0, 0.1) is 13.8 Å². The summed E-state index contributed by atoms with van der Waals surface area (Å²) >= 11 is 7.33. The lowest BCUT2D eigenvalue weighted by atomic mass is 10.1. The monoisotopic (exact) mass is 439 g/mol. The highest BCUT2D eigenvalue weighted by Crippen LogP contribution is 2.30. The van der Waals surface area contributed by atoms with Gasteiger partial charge in [0.2, 0.25) is 5.91 Å². The third-order valence-corrected chi connectivity index (χ3v) is 5.50. The molecule has 2 aromatic heterocycles. The molecule has 0 fully saturated rings. The predicted octanol–water partition coefficient (Wildman–Crippen LogP) is 4.92. The lowest BCUT2D eigenvalue weighted by Crippen LogP contribution is -2.14. The van der Waals surface area contributed by atoms with E-state index >= 15 is 0 Å². The van der Waals surface area contributed by atoms with E-state index in [0.29, 0.717) is 27.6 Å². The minimum atomic E-state index is -0.208. The third-order valence-electron chi connectivity index (χ3n) is 4.32. The van der Waals surface area contributed by atoms with E-state index in [9.17, 15) is 4.79 Å². The van der Waals surface area contributed by atoms with Crippen molar-refractivity contribution in [2.75, 3.05) is 11.1 Å². The first-order chi connectivity index (χ1) is 14.5. The molecule has 0 aliphatic heterocycles. The maximum atomic E-state index is 12.3. The molecule has 4 aromatic rings. The minimum absolute atomic E-state index is 0.149. The number of rotatable bonds is 6. The van der Waals surface area contributed by atoms with Crippen molar-refractivity contribution in [2.45, 2.75) is 19.0 Å². The molecular formula is C21H18ClN5O2S. The van der Waals surface area contributed by atoms with E-state index in [-0.39, 0.29) is 11.7 Å². The molecule has 1 amide bonds. The number of para-hydroxylation sites is 1. The molecule has 30 heavy (non-hydrogen) atoms. The standard InChI is InChI=1S/C21H18ClN5O2S/c1-13-5-3-4-6-17(13)27-20(15-7-9-16(22)10-8-15)24-25-21(27)30-12-19(28)23-18-11-14(2)29-26-18/h3-11H,12H2,1-2H3,(H,23,26,28). The SMILES string of the molecule is Cc1cc(NC(=O)CSc2nnc(-c3ccc(Cl)cc3)n2-c2ccccc2C)no1. The summed E-state index contributed by atoms with van der Waals surface area (Å²) in [5, 5.41) is 16.5. The Morgan fingerprint density at radius 3 is 2.60 bits per heavy atom. The lowest BCUT2D eigenvalue weighted by Gasteiger charge is -2.12. The van der Waals surface area contributed by atoms with Gasteiger partial charge >= 0.3 is 0 Å². The van der Waals surface area contributed by atoms with Gasteiger partial charge in [0, 0.05) is 16.7 Å². The maximum absolute atomic E-state index is 12.3. The summed E-state index contributed by atoms with van der Waals surface area (Å²) in [6.07, 6.45) is 0. The second kappa shape index (κ2) is 8.73. The van der Waals surface area contributed by atoms with Crippen LogP contribution in [0.25, 0.3) is 17.1 Å². The van der Waals surface area contributed by atoms with Crippen LogP contribution in [-0.4, -0.2) is 31.6 Å². The number of nitrogens with one attached hydrogen (secondary N) is 1. The molecule has 0 saturated heterocycles. The van der Waals surface area contributed by atoms with Gasteiger partial charge in [0.25, 0.3) is 0 Å². The van der Waals surface area contributed by atoms with Crippen LogP contribution in [0.5, 0.6) is 0 Å². The normalized spacial score (nSPS) is 10.9. The zero-order valence-corrected chi connectivity index (χ0v) is 17.9. The van der Waals surface area contributed by atoms with Crippen LogP contribution in [0.1, 0.15) is 11.3 Å².